The molecule has 8 nitrogen and oxygen atoms in total. The minimum atomic E-state index is -0.389. The number of amides is 2. The third-order valence-electron chi connectivity index (χ3n) is 4.00. The van der Waals surface area contributed by atoms with Crippen LogP contribution >= 0.6 is 11.6 Å². The van der Waals surface area contributed by atoms with Crippen molar-refractivity contribution < 1.29 is 19.1 Å². The fourth-order valence-corrected chi connectivity index (χ4v) is 2.90. The summed E-state index contributed by atoms with van der Waals surface area (Å²) in [6.07, 6.45) is 1.47. The largest absolute Gasteiger partial charge is 0.465 e. The van der Waals surface area contributed by atoms with Gasteiger partial charge < -0.3 is 10.1 Å². The van der Waals surface area contributed by atoms with Gasteiger partial charge in [-0.15, -0.1) is 0 Å². The fraction of sp³-hybridized carbons (Fsp3) is 0.278. The molecular formula is C18H17ClN4O4. The van der Waals surface area contributed by atoms with E-state index in [2.05, 4.69) is 15.3 Å². The minimum absolute atomic E-state index is 0.00190. The summed E-state index contributed by atoms with van der Waals surface area (Å²) in [5.74, 6) is -1.12. The zero-order valence-corrected chi connectivity index (χ0v) is 15.3. The first-order valence-corrected chi connectivity index (χ1v) is 8.71. The number of esters is 1. The second kappa shape index (κ2) is 8.24. The predicted molar refractivity (Wildman–Crippen MR) is 96.0 cm³/mol. The molecule has 1 N–H and O–H groups in total. The van der Waals surface area contributed by atoms with Crippen LogP contribution in [0.1, 0.15) is 38.9 Å². The summed E-state index contributed by atoms with van der Waals surface area (Å²) >= 11 is 5.87. The standard InChI is InChI=1S/C18H17ClN4O4/c1-2-27-15(24)9-20-8-14-11(7-21-18(19)22-14)10-23-16(25)12-5-3-4-6-13(12)17(23)26/h3-7,20H,2,8-10H2,1H3. The molecule has 2 aromatic rings. The molecule has 140 valence electrons. The number of hydrogen-bond acceptors (Lipinski definition) is 7. The van der Waals surface area contributed by atoms with Crippen LogP contribution in [0.3, 0.4) is 0 Å². The van der Waals surface area contributed by atoms with Gasteiger partial charge in [0.15, 0.2) is 0 Å². The number of halogens is 1. The van der Waals surface area contributed by atoms with E-state index in [-0.39, 0.29) is 42.7 Å². The van der Waals surface area contributed by atoms with E-state index in [9.17, 15) is 14.4 Å². The Morgan fingerprint density at radius 3 is 2.52 bits per heavy atom. The van der Waals surface area contributed by atoms with E-state index in [1.165, 1.54) is 6.20 Å². The average Bonchev–Trinajstić information content (AvgIpc) is 2.89. The molecule has 0 saturated carbocycles. The van der Waals surface area contributed by atoms with Crippen molar-refractivity contribution in [3.63, 3.8) is 0 Å². The topological polar surface area (TPSA) is 101 Å². The van der Waals surface area contributed by atoms with Gasteiger partial charge in [0, 0.05) is 18.3 Å². The highest BCUT2D eigenvalue weighted by Crippen LogP contribution is 2.24. The lowest BCUT2D eigenvalue weighted by molar-refractivity contribution is -0.142. The molecule has 0 spiro atoms. The number of nitrogens with one attached hydrogen (secondary N) is 1. The number of imide groups is 1. The van der Waals surface area contributed by atoms with Crippen LogP contribution in [0.4, 0.5) is 0 Å². The normalized spacial score (nSPS) is 13.0. The third kappa shape index (κ3) is 4.12. The zero-order valence-electron chi connectivity index (χ0n) is 14.6. The Balaban J connectivity index is 1.75. The van der Waals surface area contributed by atoms with E-state index in [1.807, 2.05) is 0 Å². The highest BCUT2D eigenvalue weighted by Gasteiger charge is 2.35. The smallest absolute Gasteiger partial charge is 0.319 e. The van der Waals surface area contributed by atoms with Crippen LogP contribution in [-0.4, -0.2) is 45.8 Å². The monoisotopic (exact) mass is 388 g/mol. The van der Waals surface area contributed by atoms with Gasteiger partial charge in [0.2, 0.25) is 5.28 Å². The van der Waals surface area contributed by atoms with E-state index >= 15 is 0 Å². The number of carbonyl (C=O) groups is 3. The second-order valence-corrected chi connectivity index (χ2v) is 6.10. The number of nitrogens with zero attached hydrogens (tertiary/aromatic N) is 3. The minimum Gasteiger partial charge on any atom is -0.465 e. The molecule has 0 radical (unpaired) electrons. The molecule has 1 aromatic carbocycles. The van der Waals surface area contributed by atoms with Crippen LogP contribution in [0.5, 0.6) is 0 Å². The molecular weight excluding hydrogens is 372 g/mol. The summed E-state index contributed by atoms with van der Waals surface area (Å²) in [5.41, 5.74) is 1.81. The molecule has 0 fully saturated rings. The van der Waals surface area contributed by atoms with Gasteiger partial charge >= 0.3 is 5.97 Å². The summed E-state index contributed by atoms with van der Waals surface area (Å²) < 4.78 is 4.85. The average molecular weight is 389 g/mol. The number of carbonyl (C=O) groups excluding carboxylic acids is 3. The molecule has 2 heterocycles. The molecule has 2 amide bonds. The van der Waals surface area contributed by atoms with Gasteiger partial charge in [-0.3, -0.25) is 19.3 Å². The van der Waals surface area contributed by atoms with Crippen molar-refractivity contribution in [2.24, 2.45) is 0 Å². The second-order valence-electron chi connectivity index (χ2n) is 5.76. The van der Waals surface area contributed by atoms with E-state index < -0.39 is 0 Å². The molecule has 0 unspecified atom stereocenters. The van der Waals surface area contributed by atoms with Crippen molar-refractivity contribution in [1.82, 2.24) is 20.2 Å². The van der Waals surface area contributed by atoms with E-state index in [1.54, 1.807) is 31.2 Å². The van der Waals surface area contributed by atoms with Gasteiger partial charge in [-0.25, -0.2) is 9.97 Å². The van der Waals surface area contributed by atoms with Crippen molar-refractivity contribution >= 4 is 29.4 Å². The summed E-state index contributed by atoms with van der Waals surface area (Å²) in [5, 5.41) is 2.94. The molecule has 0 bridgehead atoms. The molecule has 1 aliphatic heterocycles. The van der Waals surface area contributed by atoms with Crippen molar-refractivity contribution in [2.45, 2.75) is 20.0 Å². The maximum atomic E-state index is 12.5. The van der Waals surface area contributed by atoms with Crippen LogP contribution in [0.15, 0.2) is 30.5 Å². The SMILES string of the molecule is CCOC(=O)CNCc1nc(Cl)ncc1CN1C(=O)c2ccccc2C1=O. The van der Waals surface area contributed by atoms with Crippen LogP contribution < -0.4 is 5.32 Å². The molecule has 0 saturated heterocycles. The van der Waals surface area contributed by atoms with Crippen molar-refractivity contribution in [3.8, 4) is 0 Å². The highest BCUT2D eigenvalue weighted by molar-refractivity contribution is 6.28. The van der Waals surface area contributed by atoms with Crippen LogP contribution in [0.25, 0.3) is 0 Å². The van der Waals surface area contributed by atoms with Crippen molar-refractivity contribution in [3.05, 3.63) is 58.1 Å². The molecule has 0 aliphatic carbocycles. The molecule has 1 aliphatic rings. The Hall–Kier alpha value is -2.84. The Labute approximate surface area is 160 Å². The Kier molecular flexibility index (Phi) is 5.78. The zero-order chi connectivity index (χ0) is 19.4. The number of hydrogen-bond donors (Lipinski definition) is 1. The van der Waals surface area contributed by atoms with E-state index in [4.69, 9.17) is 16.3 Å². The molecule has 9 heteroatoms. The van der Waals surface area contributed by atoms with Gasteiger partial charge in [-0.05, 0) is 30.7 Å². The van der Waals surface area contributed by atoms with Gasteiger partial charge in [-0.2, -0.15) is 0 Å². The van der Waals surface area contributed by atoms with E-state index in [0.29, 0.717) is 29.0 Å². The quantitative estimate of drug-likeness (QED) is 0.436. The van der Waals surface area contributed by atoms with Crippen molar-refractivity contribution in [1.29, 1.82) is 0 Å². The first-order chi connectivity index (χ1) is 13.0. The number of fused-ring (bicyclic) bond motifs is 1. The van der Waals surface area contributed by atoms with Crippen molar-refractivity contribution in [2.75, 3.05) is 13.2 Å². The summed E-state index contributed by atoms with van der Waals surface area (Å²) in [4.78, 5) is 45.7. The predicted octanol–water partition coefficient (Wildman–Crippen LogP) is 1.58. The molecule has 1 aromatic heterocycles. The maximum Gasteiger partial charge on any atom is 0.319 e. The number of aromatic nitrogens is 2. The fourth-order valence-electron chi connectivity index (χ4n) is 2.75. The lowest BCUT2D eigenvalue weighted by atomic mass is 10.1. The van der Waals surface area contributed by atoms with Crippen LogP contribution in [0, 0.1) is 0 Å². The summed E-state index contributed by atoms with van der Waals surface area (Å²) in [6, 6.07) is 6.67. The Bertz CT molecular complexity index is 868. The Morgan fingerprint density at radius 2 is 1.89 bits per heavy atom. The number of rotatable bonds is 7. The lowest BCUT2D eigenvalue weighted by Crippen LogP contribution is -2.31. The third-order valence-corrected chi connectivity index (χ3v) is 4.18. The van der Waals surface area contributed by atoms with E-state index in [0.717, 1.165) is 4.90 Å². The lowest BCUT2D eigenvalue weighted by Gasteiger charge is -2.16. The van der Waals surface area contributed by atoms with Gasteiger partial charge in [0.25, 0.3) is 11.8 Å². The number of benzene rings is 1. The summed E-state index contributed by atoms with van der Waals surface area (Å²) in [6.45, 7) is 2.24. The highest BCUT2D eigenvalue weighted by atomic mass is 35.5. The first kappa shape index (κ1) is 18.9. The first-order valence-electron chi connectivity index (χ1n) is 8.33. The van der Waals surface area contributed by atoms with Crippen LogP contribution in [-0.2, 0) is 22.6 Å². The number of ether oxygens (including phenoxy) is 1. The maximum absolute atomic E-state index is 12.5. The molecule has 0 atom stereocenters. The van der Waals surface area contributed by atoms with Gasteiger partial charge in [0.05, 0.1) is 36.5 Å². The van der Waals surface area contributed by atoms with Gasteiger partial charge in [0.1, 0.15) is 0 Å². The van der Waals surface area contributed by atoms with Crippen LogP contribution in [0.2, 0.25) is 5.28 Å². The Morgan fingerprint density at radius 1 is 1.22 bits per heavy atom. The molecule has 27 heavy (non-hydrogen) atoms. The molecule has 3 rings (SSSR count). The van der Waals surface area contributed by atoms with Gasteiger partial charge in [-0.1, -0.05) is 12.1 Å². The summed E-state index contributed by atoms with van der Waals surface area (Å²) in [7, 11) is 0.